The molecular weight excluding hydrogens is 456 g/mol. The fourth-order valence-corrected chi connectivity index (χ4v) is 4.49. The van der Waals surface area contributed by atoms with Gasteiger partial charge >= 0.3 is 0 Å². The van der Waals surface area contributed by atoms with E-state index in [4.69, 9.17) is 33.3 Å². The molecule has 0 spiro atoms. The van der Waals surface area contributed by atoms with Crippen LogP contribution in [-0.2, 0) is 9.59 Å². The molecule has 1 aliphatic rings. The molecule has 0 unspecified atom stereocenters. The Morgan fingerprint density at radius 1 is 1.23 bits per heavy atom. The molecule has 2 aromatic rings. The van der Waals surface area contributed by atoms with Crippen LogP contribution in [0.25, 0.3) is 6.08 Å². The molecule has 0 aromatic heterocycles. The van der Waals surface area contributed by atoms with E-state index in [1.807, 2.05) is 13.8 Å². The number of thiocarbonyl (C=S) groups is 1. The first-order valence-corrected chi connectivity index (χ1v) is 11.0. The second kappa shape index (κ2) is 10.2. The van der Waals surface area contributed by atoms with Crippen LogP contribution < -0.4 is 14.8 Å². The first-order chi connectivity index (χ1) is 14.8. The van der Waals surface area contributed by atoms with Crippen LogP contribution in [0.3, 0.4) is 0 Å². The highest BCUT2D eigenvalue weighted by atomic mass is 35.5. The number of nitrogens with one attached hydrogen (secondary N) is 1. The molecule has 1 saturated heterocycles. The van der Waals surface area contributed by atoms with E-state index in [0.29, 0.717) is 31.4 Å². The molecule has 162 valence electrons. The third-order valence-electron chi connectivity index (χ3n) is 4.31. The Labute approximate surface area is 195 Å². The summed E-state index contributed by atoms with van der Waals surface area (Å²) in [5.74, 6) is 0.446. The summed E-state index contributed by atoms with van der Waals surface area (Å²) in [5.41, 5.74) is 1.39. The molecule has 0 bridgehead atoms. The van der Waals surface area contributed by atoms with Gasteiger partial charge in [-0.25, -0.2) is 0 Å². The number of thioether (sulfide) groups is 1. The number of halogens is 1. The number of amides is 2. The molecule has 2 amide bonds. The van der Waals surface area contributed by atoms with Crippen LogP contribution in [0.2, 0.25) is 5.02 Å². The van der Waals surface area contributed by atoms with Gasteiger partial charge in [-0.05, 0) is 61.9 Å². The third kappa shape index (κ3) is 5.78. The maximum absolute atomic E-state index is 12.6. The molecule has 1 heterocycles. The molecule has 0 saturated carbocycles. The summed E-state index contributed by atoms with van der Waals surface area (Å²) in [4.78, 5) is 26.9. The zero-order chi connectivity index (χ0) is 22.5. The molecule has 0 aliphatic carbocycles. The largest absolute Gasteiger partial charge is 0.493 e. The summed E-state index contributed by atoms with van der Waals surface area (Å²) < 4.78 is 11.6. The number of rotatable bonds is 7. The minimum atomic E-state index is -0.314. The summed E-state index contributed by atoms with van der Waals surface area (Å²) in [7, 11) is 1.51. The lowest BCUT2D eigenvalue weighted by molar-refractivity contribution is -0.123. The average molecular weight is 477 g/mol. The molecule has 1 fully saturated rings. The third-order valence-corrected chi connectivity index (χ3v) is 5.89. The van der Waals surface area contributed by atoms with Crippen LogP contribution in [0.1, 0.15) is 19.4 Å². The molecule has 0 atom stereocenters. The molecular formula is C22H21ClN2O4S2. The lowest BCUT2D eigenvalue weighted by Crippen LogP contribution is -2.34. The smallest absolute Gasteiger partial charge is 0.266 e. The summed E-state index contributed by atoms with van der Waals surface area (Å²) in [6.07, 6.45) is 1.77. The van der Waals surface area contributed by atoms with Crippen LogP contribution in [0, 0.1) is 0 Å². The Hall–Kier alpha value is -2.55. The Balaban J connectivity index is 1.67. The number of ether oxygens (including phenoxy) is 2. The topological polar surface area (TPSA) is 67.9 Å². The number of hydrogen-bond donors (Lipinski definition) is 1. The van der Waals surface area contributed by atoms with Gasteiger partial charge in [-0.2, -0.15) is 0 Å². The first kappa shape index (κ1) is 23.1. The fraction of sp³-hybridized carbons (Fsp3) is 0.227. The van der Waals surface area contributed by atoms with Crippen molar-refractivity contribution < 1.29 is 19.1 Å². The van der Waals surface area contributed by atoms with Crippen molar-refractivity contribution in [1.82, 2.24) is 4.90 Å². The zero-order valence-corrected chi connectivity index (χ0v) is 19.6. The highest BCUT2D eigenvalue weighted by Crippen LogP contribution is 2.35. The van der Waals surface area contributed by atoms with E-state index in [2.05, 4.69) is 5.32 Å². The second-order valence-corrected chi connectivity index (χ2v) is 9.01. The van der Waals surface area contributed by atoms with Gasteiger partial charge in [0, 0.05) is 16.8 Å². The minimum absolute atomic E-state index is 0.00253. The van der Waals surface area contributed by atoms with E-state index in [-0.39, 0.29) is 24.5 Å². The van der Waals surface area contributed by atoms with Crippen molar-refractivity contribution in [3.63, 3.8) is 0 Å². The summed E-state index contributed by atoms with van der Waals surface area (Å²) in [6.45, 7) is 3.66. The monoisotopic (exact) mass is 476 g/mol. The van der Waals surface area contributed by atoms with Crippen LogP contribution in [0.5, 0.6) is 11.5 Å². The molecule has 9 heteroatoms. The van der Waals surface area contributed by atoms with Crippen molar-refractivity contribution in [1.29, 1.82) is 0 Å². The summed E-state index contributed by atoms with van der Waals surface area (Å²) >= 11 is 12.4. The molecule has 2 aromatic carbocycles. The highest BCUT2D eigenvalue weighted by Gasteiger charge is 2.33. The van der Waals surface area contributed by atoms with Crippen LogP contribution in [0.15, 0.2) is 47.4 Å². The van der Waals surface area contributed by atoms with E-state index in [1.165, 1.54) is 18.9 Å². The molecule has 0 radical (unpaired) electrons. The van der Waals surface area contributed by atoms with Gasteiger partial charge in [-0.1, -0.05) is 41.6 Å². The summed E-state index contributed by atoms with van der Waals surface area (Å²) in [6, 6.07) is 12.0. The number of benzene rings is 2. The number of methoxy groups -OCH3 is 1. The van der Waals surface area contributed by atoms with E-state index in [0.717, 1.165) is 5.56 Å². The zero-order valence-electron chi connectivity index (χ0n) is 17.2. The standard InChI is InChI=1S/C22H21ClN2O4S2/c1-13(2)25-21(27)19(31-22(25)30)11-14-4-9-17(18(10-14)28-3)29-12-20(26)24-16-7-5-15(23)6-8-16/h4-11,13H,12H2,1-3H3,(H,24,26)/b19-11-. The van der Waals surface area contributed by atoms with Gasteiger partial charge in [0.1, 0.15) is 4.32 Å². The SMILES string of the molecule is COc1cc(/C=C2\SC(=S)N(C(C)C)C2=O)ccc1OCC(=O)Nc1ccc(Cl)cc1. The van der Waals surface area contributed by atoms with Crippen molar-refractivity contribution in [2.75, 3.05) is 19.0 Å². The second-order valence-electron chi connectivity index (χ2n) is 6.90. The lowest BCUT2D eigenvalue weighted by Gasteiger charge is -2.18. The predicted octanol–water partition coefficient (Wildman–Crippen LogP) is 4.98. The molecule has 1 N–H and O–H groups in total. The van der Waals surface area contributed by atoms with Crippen LogP contribution in [-0.4, -0.2) is 40.8 Å². The predicted molar refractivity (Wildman–Crippen MR) is 129 cm³/mol. The van der Waals surface area contributed by atoms with Gasteiger partial charge in [-0.15, -0.1) is 0 Å². The van der Waals surface area contributed by atoms with Gasteiger partial charge in [0.05, 0.1) is 12.0 Å². The summed E-state index contributed by atoms with van der Waals surface area (Å²) in [5, 5.41) is 3.32. The van der Waals surface area contributed by atoms with Crippen LogP contribution in [0.4, 0.5) is 5.69 Å². The number of carbonyl (C=O) groups excluding carboxylic acids is 2. The van der Waals surface area contributed by atoms with E-state index in [1.54, 1.807) is 53.4 Å². The maximum atomic E-state index is 12.6. The van der Waals surface area contributed by atoms with Crippen molar-refractivity contribution >= 4 is 63.5 Å². The molecule has 6 nitrogen and oxygen atoms in total. The normalized spacial score (nSPS) is 15.0. The Morgan fingerprint density at radius 2 is 1.94 bits per heavy atom. The van der Waals surface area contributed by atoms with Crippen molar-refractivity contribution in [2.24, 2.45) is 0 Å². The maximum Gasteiger partial charge on any atom is 0.266 e. The van der Waals surface area contributed by atoms with Crippen molar-refractivity contribution in [2.45, 2.75) is 19.9 Å². The van der Waals surface area contributed by atoms with E-state index in [9.17, 15) is 9.59 Å². The van der Waals surface area contributed by atoms with Crippen molar-refractivity contribution in [3.8, 4) is 11.5 Å². The van der Waals surface area contributed by atoms with E-state index >= 15 is 0 Å². The fourth-order valence-electron chi connectivity index (χ4n) is 2.84. The van der Waals surface area contributed by atoms with Crippen molar-refractivity contribution in [3.05, 3.63) is 58.0 Å². The molecule has 1 aliphatic heterocycles. The van der Waals surface area contributed by atoms with Gasteiger partial charge in [0.25, 0.3) is 11.8 Å². The quantitative estimate of drug-likeness (QED) is 0.449. The average Bonchev–Trinajstić information content (AvgIpc) is 3.01. The first-order valence-electron chi connectivity index (χ1n) is 9.42. The minimum Gasteiger partial charge on any atom is -0.493 e. The Morgan fingerprint density at radius 3 is 2.55 bits per heavy atom. The number of carbonyl (C=O) groups is 2. The van der Waals surface area contributed by atoms with Gasteiger partial charge in [0.15, 0.2) is 18.1 Å². The Kier molecular flexibility index (Phi) is 7.59. The van der Waals surface area contributed by atoms with Gasteiger partial charge in [-0.3, -0.25) is 14.5 Å². The highest BCUT2D eigenvalue weighted by molar-refractivity contribution is 8.26. The number of nitrogens with zero attached hydrogens (tertiary/aromatic N) is 1. The molecule has 3 rings (SSSR count). The molecule has 31 heavy (non-hydrogen) atoms. The number of hydrogen-bond acceptors (Lipinski definition) is 6. The van der Waals surface area contributed by atoms with Gasteiger partial charge in [0.2, 0.25) is 0 Å². The van der Waals surface area contributed by atoms with Gasteiger partial charge < -0.3 is 14.8 Å². The van der Waals surface area contributed by atoms with E-state index < -0.39 is 0 Å². The lowest BCUT2D eigenvalue weighted by atomic mass is 10.1. The number of anilines is 1. The van der Waals surface area contributed by atoms with Crippen LogP contribution >= 0.6 is 35.6 Å². The Bertz CT molecular complexity index is 1040.